The van der Waals surface area contributed by atoms with Crippen LogP contribution in [0, 0.1) is 5.92 Å². The Hall–Kier alpha value is -0.610. The van der Waals surface area contributed by atoms with Crippen LogP contribution in [0.1, 0.15) is 19.8 Å². The van der Waals surface area contributed by atoms with E-state index in [1.54, 1.807) is 0 Å². The Labute approximate surface area is 78.7 Å². The first kappa shape index (κ1) is 10.5. The SMILES string of the molecule is CC(C(N)=O)N1CCC(CCO)C1. The Morgan fingerprint density at radius 1 is 1.77 bits per heavy atom. The second kappa shape index (κ2) is 4.58. The van der Waals surface area contributed by atoms with E-state index < -0.39 is 0 Å². The van der Waals surface area contributed by atoms with E-state index in [0.717, 1.165) is 25.9 Å². The number of hydrogen-bond donors (Lipinski definition) is 2. The highest BCUT2D eigenvalue weighted by atomic mass is 16.3. The lowest BCUT2D eigenvalue weighted by atomic mass is 10.1. The lowest BCUT2D eigenvalue weighted by Crippen LogP contribution is -2.41. The van der Waals surface area contributed by atoms with Gasteiger partial charge < -0.3 is 10.8 Å². The molecule has 1 aliphatic heterocycles. The largest absolute Gasteiger partial charge is 0.396 e. The summed E-state index contributed by atoms with van der Waals surface area (Å²) in [5.41, 5.74) is 5.21. The highest BCUT2D eigenvalue weighted by Gasteiger charge is 2.27. The first-order valence-corrected chi connectivity index (χ1v) is 4.79. The number of carbonyl (C=O) groups excluding carboxylic acids is 1. The third-order valence-electron chi connectivity index (χ3n) is 2.81. The van der Waals surface area contributed by atoms with Crippen molar-refractivity contribution in [3.63, 3.8) is 0 Å². The highest BCUT2D eigenvalue weighted by molar-refractivity contribution is 5.79. The van der Waals surface area contributed by atoms with Gasteiger partial charge in [0, 0.05) is 13.2 Å². The maximum atomic E-state index is 10.9. The predicted octanol–water partition coefficient (Wildman–Crippen LogP) is -0.435. The van der Waals surface area contributed by atoms with Crippen LogP contribution in [-0.4, -0.2) is 41.7 Å². The summed E-state index contributed by atoms with van der Waals surface area (Å²) in [4.78, 5) is 13.0. The van der Waals surface area contributed by atoms with Crippen LogP contribution < -0.4 is 5.73 Å². The van der Waals surface area contributed by atoms with Gasteiger partial charge in [-0.2, -0.15) is 0 Å². The summed E-state index contributed by atoms with van der Waals surface area (Å²) in [5, 5.41) is 8.75. The summed E-state index contributed by atoms with van der Waals surface area (Å²) in [7, 11) is 0. The van der Waals surface area contributed by atoms with E-state index in [9.17, 15) is 4.79 Å². The van der Waals surface area contributed by atoms with E-state index >= 15 is 0 Å². The molecule has 1 heterocycles. The molecule has 3 N–H and O–H groups in total. The van der Waals surface area contributed by atoms with Gasteiger partial charge in [-0.1, -0.05) is 0 Å². The molecule has 1 fully saturated rings. The normalized spacial score (nSPS) is 26.2. The maximum absolute atomic E-state index is 10.9. The minimum atomic E-state index is -0.260. The fourth-order valence-corrected chi connectivity index (χ4v) is 1.81. The van der Waals surface area contributed by atoms with Gasteiger partial charge in [0.1, 0.15) is 0 Å². The first-order chi connectivity index (χ1) is 6.15. The van der Waals surface area contributed by atoms with E-state index in [1.165, 1.54) is 0 Å². The molecule has 2 atom stereocenters. The third-order valence-corrected chi connectivity index (χ3v) is 2.81. The van der Waals surface area contributed by atoms with Gasteiger partial charge in [-0.25, -0.2) is 0 Å². The fraction of sp³-hybridized carbons (Fsp3) is 0.889. The molecule has 0 spiro atoms. The molecule has 4 nitrogen and oxygen atoms in total. The number of aliphatic hydroxyl groups is 1. The number of nitrogens with two attached hydrogens (primary N) is 1. The van der Waals surface area contributed by atoms with Crippen molar-refractivity contribution in [1.29, 1.82) is 0 Å². The minimum Gasteiger partial charge on any atom is -0.396 e. The topological polar surface area (TPSA) is 66.6 Å². The standard InChI is InChI=1S/C9H18N2O2/c1-7(9(10)13)11-4-2-8(6-11)3-5-12/h7-8,12H,2-6H2,1H3,(H2,10,13). The van der Waals surface area contributed by atoms with E-state index in [0.29, 0.717) is 5.92 Å². The molecule has 0 aromatic rings. The second-order valence-corrected chi connectivity index (χ2v) is 3.74. The molecule has 0 aromatic heterocycles. The molecule has 1 saturated heterocycles. The van der Waals surface area contributed by atoms with E-state index in [1.807, 2.05) is 6.92 Å². The maximum Gasteiger partial charge on any atom is 0.234 e. The van der Waals surface area contributed by atoms with Crippen LogP contribution in [0.5, 0.6) is 0 Å². The summed E-state index contributed by atoms with van der Waals surface area (Å²) in [6.45, 7) is 3.90. The van der Waals surface area contributed by atoms with Crippen LogP contribution in [0.3, 0.4) is 0 Å². The van der Waals surface area contributed by atoms with Crippen LogP contribution in [0.4, 0.5) is 0 Å². The third kappa shape index (κ3) is 2.67. The Balaban J connectivity index is 2.36. The molecule has 1 aliphatic rings. The van der Waals surface area contributed by atoms with Crippen molar-refractivity contribution >= 4 is 5.91 Å². The van der Waals surface area contributed by atoms with Crippen molar-refractivity contribution in [3.8, 4) is 0 Å². The van der Waals surface area contributed by atoms with Crippen LogP contribution in [0.25, 0.3) is 0 Å². The molecular weight excluding hydrogens is 168 g/mol. The molecule has 0 bridgehead atoms. The van der Waals surface area contributed by atoms with Gasteiger partial charge in [-0.05, 0) is 32.2 Å². The van der Waals surface area contributed by atoms with E-state index in [4.69, 9.17) is 10.8 Å². The molecule has 1 rings (SSSR count). The van der Waals surface area contributed by atoms with E-state index in [2.05, 4.69) is 4.90 Å². The molecular formula is C9H18N2O2. The zero-order valence-corrected chi connectivity index (χ0v) is 8.07. The zero-order valence-electron chi connectivity index (χ0n) is 8.07. The van der Waals surface area contributed by atoms with Gasteiger partial charge >= 0.3 is 0 Å². The number of primary amides is 1. The average Bonchev–Trinajstić information content (AvgIpc) is 2.52. The van der Waals surface area contributed by atoms with Crippen LogP contribution >= 0.6 is 0 Å². The van der Waals surface area contributed by atoms with Gasteiger partial charge in [0.05, 0.1) is 6.04 Å². The molecule has 0 radical (unpaired) electrons. The number of carbonyl (C=O) groups is 1. The summed E-state index contributed by atoms with van der Waals surface area (Å²) >= 11 is 0. The molecule has 0 aliphatic carbocycles. The van der Waals surface area contributed by atoms with Crippen LogP contribution in [-0.2, 0) is 4.79 Å². The minimum absolute atomic E-state index is 0.163. The first-order valence-electron chi connectivity index (χ1n) is 4.79. The van der Waals surface area contributed by atoms with Gasteiger partial charge in [-0.15, -0.1) is 0 Å². The second-order valence-electron chi connectivity index (χ2n) is 3.74. The lowest BCUT2D eigenvalue weighted by Gasteiger charge is -2.21. The van der Waals surface area contributed by atoms with Gasteiger partial charge in [0.2, 0.25) is 5.91 Å². The Bertz CT molecular complexity index is 184. The average molecular weight is 186 g/mol. The van der Waals surface area contributed by atoms with Gasteiger partial charge in [-0.3, -0.25) is 9.69 Å². The number of aliphatic hydroxyl groups excluding tert-OH is 1. The van der Waals surface area contributed by atoms with Crippen molar-refractivity contribution in [3.05, 3.63) is 0 Å². The summed E-state index contributed by atoms with van der Waals surface area (Å²) in [5.74, 6) is 0.274. The predicted molar refractivity (Wildman–Crippen MR) is 50.0 cm³/mol. The molecule has 13 heavy (non-hydrogen) atoms. The zero-order chi connectivity index (χ0) is 9.84. The van der Waals surface area contributed by atoms with Crippen LogP contribution in [0.2, 0.25) is 0 Å². The Morgan fingerprint density at radius 2 is 2.46 bits per heavy atom. The summed E-state index contributed by atoms with van der Waals surface area (Å²) < 4.78 is 0. The van der Waals surface area contributed by atoms with Crippen molar-refractivity contribution < 1.29 is 9.90 Å². The Kier molecular flexibility index (Phi) is 3.69. The molecule has 0 aromatic carbocycles. The number of nitrogens with zero attached hydrogens (tertiary/aromatic N) is 1. The molecule has 76 valence electrons. The Morgan fingerprint density at radius 3 is 3.00 bits per heavy atom. The van der Waals surface area contributed by atoms with Crippen molar-refractivity contribution in [2.24, 2.45) is 11.7 Å². The molecule has 1 amide bonds. The highest BCUT2D eigenvalue weighted by Crippen LogP contribution is 2.20. The summed E-state index contributed by atoms with van der Waals surface area (Å²) in [6.07, 6.45) is 1.90. The number of hydrogen-bond acceptors (Lipinski definition) is 3. The van der Waals surface area contributed by atoms with Gasteiger partial charge in [0.15, 0.2) is 0 Å². The lowest BCUT2D eigenvalue weighted by molar-refractivity contribution is -0.122. The quantitative estimate of drug-likeness (QED) is 0.625. The monoisotopic (exact) mass is 186 g/mol. The smallest absolute Gasteiger partial charge is 0.234 e. The van der Waals surface area contributed by atoms with Crippen LogP contribution in [0.15, 0.2) is 0 Å². The van der Waals surface area contributed by atoms with E-state index in [-0.39, 0.29) is 18.6 Å². The number of amides is 1. The van der Waals surface area contributed by atoms with Crippen molar-refractivity contribution in [1.82, 2.24) is 4.90 Å². The van der Waals surface area contributed by atoms with Gasteiger partial charge in [0.25, 0.3) is 0 Å². The van der Waals surface area contributed by atoms with Crippen molar-refractivity contribution in [2.75, 3.05) is 19.7 Å². The molecule has 4 heteroatoms. The van der Waals surface area contributed by atoms with Crippen molar-refractivity contribution in [2.45, 2.75) is 25.8 Å². The fourth-order valence-electron chi connectivity index (χ4n) is 1.81. The number of rotatable bonds is 4. The number of likely N-dealkylation sites (tertiary alicyclic amines) is 1. The molecule has 0 saturated carbocycles. The summed E-state index contributed by atoms with van der Waals surface area (Å²) in [6, 6.07) is -0.163. The molecule has 2 unspecified atom stereocenters.